The number of carbonyl (C=O) groups is 3. The molecule has 0 saturated heterocycles. The van der Waals surface area contributed by atoms with Gasteiger partial charge in [0.05, 0.1) is 13.2 Å². The Labute approximate surface area is 155 Å². The number of amides is 1. The first-order valence-corrected chi connectivity index (χ1v) is 8.93. The number of aromatic nitrogens is 1. The van der Waals surface area contributed by atoms with Crippen LogP contribution in [0.1, 0.15) is 52.9 Å². The second-order valence-electron chi connectivity index (χ2n) is 6.99. The number of H-pyrrole nitrogens is 1. The van der Waals surface area contributed by atoms with E-state index in [1.54, 1.807) is 25.7 Å². The maximum absolute atomic E-state index is 12.9. The molecule has 0 saturated carbocycles. The smallest absolute Gasteiger partial charge is 0.355 e. The minimum Gasteiger partial charge on any atom is -0.461 e. The largest absolute Gasteiger partial charge is 0.461 e. The number of nitrogens with one attached hydrogen (secondary N) is 1. The van der Waals surface area contributed by atoms with Crippen LogP contribution in [0.15, 0.2) is 0 Å². The lowest BCUT2D eigenvalue weighted by Crippen LogP contribution is -2.42. The van der Waals surface area contributed by atoms with E-state index < -0.39 is 5.97 Å². The summed E-state index contributed by atoms with van der Waals surface area (Å²) < 4.78 is 5.02. The molecule has 1 aromatic rings. The van der Waals surface area contributed by atoms with Crippen LogP contribution in [0.4, 0.5) is 0 Å². The lowest BCUT2D eigenvalue weighted by Gasteiger charge is -2.25. The van der Waals surface area contributed by atoms with Crippen molar-refractivity contribution in [3.05, 3.63) is 22.5 Å². The number of aromatic amines is 1. The van der Waals surface area contributed by atoms with E-state index >= 15 is 0 Å². The van der Waals surface area contributed by atoms with Crippen LogP contribution in [-0.2, 0) is 9.53 Å². The standard InChI is InChI=1S/C19H31N3O4/c1-8-26-19(25)17-13(4)16(14(5)20-17)15(23)11-22(10-9-21(6)7)18(24)12(2)3/h12,20H,8-11H2,1-7H3. The first-order chi connectivity index (χ1) is 12.1. The predicted octanol–water partition coefficient (Wildman–Crippen LogP) is 2.04. The van der Waals surface area contributed by atoms with Gasteiger partial charge in [0.1, 0.15) is 5.69 Å². The first-order valence-electron chi connectivity index (χ1n) is 8.93. The van der Waals surface area contributed by atoms with Crippen molar-refractivity contribution < 1.29 is 19.1 Å². The third-order valence-corrected chi connectivity index (χ3v) is 4.15. The van der Waals surface area contributed by atoms with Gasteiger partial charge in [0.2, 0.25) is 5.91 Å². The minimum atomic E-state index is -0.477. The Balaban J connectivity index is 3.05. The summed E-state index contributed by atoms with van der Waals surface area (Å²) in [6, 6.07) is 0. The number of Topliss-reactive ketones (excluding diaryl/α,β-unsaturated/α-hetero) is 1. The number of aryl methyl sites for hydroxylation is 1. The summed E-state index contributed by atoms with van der Waals surface area (Å²) >= 11 is 0. The normalized spacial score (nSPS) is 11.1. The molecule has 26 heavy (non-hydrogen) atoms. The topological polar surface area (TPSA) is 82.7 Å². The number of nitrogens with zero attached hydrogens (tertiary/aromatic N) is 2. The zero-order valence-electron chi connectivity index (χ0n) is 16.9. The number of ketones is 1. The van der Waals surface area contributed by atoms with Crippen molar-refractivity contribution >= 4 is 17.7 Å². The summed E-state index contributed by atoms with van der Waals surface area (Å²) in [4.78, 5) is 43.9. The minimum absolute atomic E-state index is 0.00729. The maximum Gasteiger partial charge on any atom is 0.355 e. The average Bonchev–Trinajstić information content (AvgIpc) is 2.85. The Bertz CT molecular complexity index is 662. The van der Waals surface area contributed by atoms with Gasteiger partial charge in [-0.15, -0.1) is 0 Å². The van der Waals surface area contributed by atoms with Gasteiger partial charge in [-0.1, -0.05) is 13.8 Å². The number of likely N-dealkylation sites (N-methyl/N-ethyl adjacent to an activating group) is 1. The van der Waals surface area contributed by atoms with Gasteiger partial charge >= 0.3 is 5.97 Å². The molecule has 1 heterocycles. The van der Waals surface area contributed by atoms with Gasteiger partial charge in [-0.2, -0.15) is 0 Å². The van der Waals surface area contributed by atoms with Gasteiger partial charge in [-0.25, -0.2) is 4.79 Å². The highest BCUT2D eigenvalue weighted by Gasteiger charge is 2.26. The SMILES string of the molecule is CCOC(=O)c1[nH]c(C)c(C(=O)CN(CCN(C)C)C(=O)C(C)C)c1C. The first kappa shape index (κ1) is 21.9. The fraction of sp³-hybridized carbons (Fsp3) is 0.632. The highest BCUT2D eigenvalue weighted by Crippen LogP contribution is 2.20. The van der Waals surface area contributed by atoms with Gasteiger partial charge in [0, 0.05) is 30.3 Å². The number of ether oxygens (including phenoxy) is 1. The number of rotatable bonds is 9. The van der Waals surface area contributed by atoms with E-state index in [0.717, 1.165) is 0 Å². The molecule has 1 rings (SSSR count). The Kier molecular flexibility index (Phi) is 8.02. The van der Waals surface area contributed by atoms with Crippen molar-refractivity contribution in [3.63, 3.8) is 0 Å². The van der Waals surface area contributed by atoms with Gasteiger partial charge in [0.15, 0.2) is 5.78 Å². The number of hydrogen-bond donors (Lipinski definition) is 1. The lowest BCUT2D eigenvalue weighted by molar-refractivity contribution is -0.134. The molecule has 1 N–H and O–H groups in total. The number of carbonyl (C=O) groups excluding carboxylic acids is 3. The molecule has 0 bridgehead atoms. The Morgan fingerprint density at radius 3 is 2.23 bits per heavy atom. The highest BCUT2D eigenvalue weighted by molar-refractivity contribution is 6.04. The van der Waals surface area contributed by atoms with Gasteiger partial charge in [-0.3, -0.25) is 9.59 Å². The summed E-state index contributed by atoms with van der Waals surface area (Å²) in [5.74, 6) is -0.903. The predicted molar refractivity (Wildman–Crippen MR) is 101 cm³/mol. The van der Waals surface area contributed by atoms with Gasteiger partial charge in [-0.05, 0) is 40.4 Å². The molecule has 0 atom stereocenters. The van der Waals surface area contributed by atoms with Gasteiger partial charge in [0.25, 0.3) is 0 Å². The maximum atomic E-state index is 12.9. The van der Waals surface area contributed by atoms with Crippen molar-refractivity contribution in [2.45, 2.75) is 34.6 Å². The lowest BCUT2D eigenvalue weighted by atomic mass is 10.0. The monoisotopic (exact) mass is 365 g/mol. The summed E-state index contributed by atoms with van der Waals surface area (Å²) in [7, 11) is 3.85. The van der Waals surface area contributed by atoms with Crippen LogP contribution in [0.2, 0.25) is 0 Å². The summed E-state index contributed by atoms with van der Waals surface area (Å²) in [6.45, 7) is 10.2. The Morgan fingerprint density at radius 1 is 1.12 bits per heavy atom. The molecule has 7 nitrogen and oxygen atoms in total. The number of hydrogen-bond acceptors (Lipinski definition) is 5. The molecule has 1 amide bonds. The molecule has 146 valence electrons. The molecule has 1 aromatic heterocycles. The molecular formula is C19H31N3O4. The van der Waals surface area contributed by atoms with E-state index in [0.29, 0.717) is 35.6 Å². The summed E-state index contributed by atoms with van der Waals surface area (Å²) in [5, 5.41) is 0. The molecular weight excluding hydrogens is 334 g/mol. The fourth-order valence-corrected chi connectivity index (χ4v) is 2.78. The quantitative estimate of drug-likeness (QED) is 0.535. The van der Waals surface area contributed by atoms with E-state index in [-0.39, 0.29) is 30.8 Å². The van der Waals surface area contributed by atoms with Crippen LogP contribution < -0.4 is 0 Å². The second-order valence-corrected chi connectivity index (χ2v) is 6.99. The van der Waals surface area contributed by atoms with E-state index in [2.05, 4.69) is 4.98 Å². The van der Waals surface area contributed by atoms with E-state index in [9.17, 15) is 14.4 Å². The highest BCUT2D eigenvalue weighted by atomic mass is 16.5. The third-order valence-electron chi connectivity index (χ3n) is 4.15. The van der Waals surface area contributed by atoms with Crippen molar-refractivity contribution in [3.8, 4) is 0 Å². The van der Waals surface area contributed by atoms with Crippen molar-refractivity contribution in [1.29, 1.82) is 0 Å². The molecule has 0 aliphatic rings. The molecule has 0 unspecified atom stereocenters. The summed E-state index contributed by atoms with van der Waals surface area (Å²) in [5.41, 5.74) is 1.93. The molecule has 0 aromatic carbocycles. The van der Waals surface area contributed by atoms with E-state index in [1.807, 2.05) is 32.8 Å². The van der Waals surface area contributed by atoms with Crippen molar-refractivity contribution in [1.82, 2.24) is 14.8 Å². The molecule has 0 aliphatic heterocycles. The Hall–Kier alpha value is -2.15. The van der Waals surface area contributed by atoms with E-state index in [1.165, 1.54) is 0 Å². The van der Waals surface area contributed by atoms with E-state index in [4.69, 9.17) is 4.74 Å². The summed E-state index contributed by atoms with van der Waals surface area (Å²) in [6.07, 6.45) is 0. The Morgan fingerprint density at radius 2 is 1.73 bits per heavy atom. The number of esters is 1. The van der Waals surface area contributed by atoms with Crippen molar-refractivity contribution in [2.24, 2.45) is 5.92 Å². The molecule has 0 radical (unpaired) electrons. The van der Waals surface area contributed by atoms with Crippen LogP contribution in [0.25, 0.3) is 0 Å². The third kappa shape index (κ3) is 5.42. The van der Waals surface area contributed by atoms with Crippen LogP contribution in [0.3, 0.4) is 0 Å². The fourth-order valence-electron chi connectivity index (χ4n) is 2.78. The zero-order chi connectivity index (χ0) is 20.0. The van der Waals surface area contributed by atoms with Crippen LogP contribution in [0, 0.1) is 19.8 Å². The van der Waals surface area contributed by atoms with Crippen LogP contribution >= 0.6 is 0 Å². The van der Waals surface area contributed by atoms with Gasteiger partial charge < -0.3 is 19.5 Å². The second kappa shape index (κ2) is 9.52. The van der Waals surface area contributed by atoms with Crippen molar-refractivity contribution in [2.75, 3.05) is 40.3 Å². The molecule has 0 aliphatic carbocycles. The average molecular weight is 365 g/mol. The zero-order valence-corrected chi connectivity index (χ0v) is 16.9. The van der Waals surface area contributed by atoms with Crippen LogP contribution in [0.5, 0.6) is 0 Å². The molecule has 7 heteroatoms. The van der Waals surface area contributed by atoms with Crippen LogP contribution in [-0.4, -0.2) is 72.8 Å². The molecule has 0 fully saturated rings. The molecule has 0 spiro atoms.